The van der Waals surface area contributed by atoms with Crippen LogP contribution in [0.5, 0.6) is 0 Å². The fourth-order valence-electron chi connectivity index (χ4n) is 1.96. The summed E-state index contributed by atoms with van der Waals surface area (Å²) >= 11 is 0. The quantitative estimate of drug-likeness (QED) is 0.683. The SMILES string of the molecule is CC(C)c1nccn1-c1ccc([N+](=O)[O-])cc1C(=O)O. The predicted octanol–water partition coefficient (Wildman–Crippen LogP) is 2.60. The monoisotopic (exact) mass is 275 g/mol. The van der Waals surface area contributed by atoms with E-state index in [9.17, 15) is 20.0 Å². The number of nitro groups is 1. The van der Waals surface area contributed by atoms with Crippen molar-refractivity contribution in [3.8, 4) is 5.69 Å². The third kappa shape index (κ3) is 2.37. The highest BCUT2D eigenvalue weighted by Crippen LogP contribution is 2.24. The Labute approximate surface area is 114 Å². The first kappa shape index (κ1) is 13.7. The minimum atomic E-state index is -1.22. The Morgan fingerprint density at radius 3 is 2.70 bits per heavy atom. The third-order valence-electron chi connectivity index (χ3n) is 2.87. The van der Waals surface area contributed by atoms with E-state index in [-0.39, 0.29) is 17.2 Å². The van der Waals surface area contributed by atoms with Crippen molar-refractivity contribution in [2.24, 2.45) is 0 Å². The van der Waals surface area contributed by atoms with Crippen LogP contribution in [0.2, 0.25) is 0 Å². The van der Waals surface area contributed by atoms with Crippen LogP contribution in [0, 0.1) is 10.1 Å². The van der Waals surface area contributed by atoms with E-state index in [0.29, 0.717) is 11.5 Å². The maximum absolute atomic E-state index is 11.3. The summed E-state index contributed by atoms with van der Waals surface area (Å²) < 4.78 is 1.64. The third-order valence-corrected chi connectivity index (χ3v) is 2.87. The van der Waals surface area contributed by atoms with Crippen LogP contribution in [-0.4, -0.2) is 25.6 Å². The van der Waals surface area contributed by atoms with E-state index in [1.165, 1.54) is 12.1 Å². The van der Waals surface area contributed by atoms with Crippen molar-refractivity contribution in [3.05, 3.63) is 52.1 Å². The van der Waals surface area contributed by atoms with Crippen LogP contribution in [0.1, 0.15) is 35.9 Å². The van der Waals surface area contributed by atoms with Gasteiger partial charge < -0.3 is 9.67 Å². The van der Waals surface area contributed by atoms with E-state index < -0.39 is 10.9 Å². The lowest BCUT2D eigenvalue weighted by Crippen LogP contribution is -2.09. The lowest BCUT2D eigenvalue weighted by atomic mass is 10.1. The fraction of sp³-hybridized carbons (Fsp3) is 0.231. The van der Waals surface area contributed by atoms with Gasteiger partial charge in [-0.1, -0.05) is 13.8 Å². The highest BCUT2D eigenvalue weighted by Gasteiger charge is 2.19. The number of hydrogen-bond acceptors (Lipinski definition) is 4. The average Bonchev–Trinajstić information content (AvgIpc) is 2.86. The number of aromatic nitrogens is 2. The smallest absolute Gasteiger partial charge is 0.338 e. The number of imidazole rings is 1. The topological polar surface area (TPSA) is 98.3 Å². The number of benzene rings is 1. The number of nitro benzene ring substituents is 1. The Morgan fingerprint density at radius 1 is 1.45 bits per heavy atom. The normalized spacial score (nSPS) is 10.8. The summed E-state index contributed by atoms with van der Waals surface area (Å²) in [6.45, 7) is 3.87. The Bertz CT molecular complexity index is 676. The summed E-state index contributed by atoms with van der Waals surface area (Å²) in [6, 6.07) is 3.77. The summed E-state index contributed by atoms with van der Waals surface area (Å²) in [5.74, 6) is -0.421. The molecule has 104 valence electrons. The van der Waals surface area contributed by atoms with Crippen molar-refractivity contribution in [2.45, 2.75) is 19.8 Å². The van der Waals surface area contributed by atoms with E-state index >= 15 is 0 Å². The molecule has 1 heterocycles. The van der Waals surface area contributed by atoms with Crippen LogP contribution in [0.15, 0.2) is 30.6 Å². The van der Waals surface area contributed by atoms with Gasteiger partial charge in [-0.2, -0.15) is 0 Å². The zero-order chi connectivity index (χ0) is 14.9. The fourth-order valence-corrected chi connectivity index (χ4v) is 1.96. The van der Waals surface area contributed by atoms with Gasteiger partial charge in [0.05, 0.1) is 16.2 Å². The molecule has 7 heteroatoms. The number of non-ortho nitro benzene ring substituents is 1. The summed E-state index contributed by atoms with van der Waals surface area (Å²) in [7, 11) is 0. The van der Waals surface area contributed by atoms with Gasteiger partial charge in [0.1, 0.15) is 5.82 Å². The highest BCUT2D eigenvalue weighted by atomic mass is 16.6. The number of carboxylic acid groups (broad SMARTS) is 1. The summed E-state index contributed by atoms with van der Waals surface area (Å²) in [5, 5.41) is 20.0. The molecule has 0 unspecified atom stereocenters. The maximum atomic E-state index is 11.3. The minimum Gasteiger partial charge on any atom is -0.478 e. The molecule has 2 rings (SSSR count). The number of hydrogen-bond donors (Lipinski definition) is 1. The number of rotatable bonds is 4. The second-order valence-electron chi connectivity index (χ2n) is 4.57. The average molecular weight is 275 g/mol. The van der Waals surface area contributed by atoms with Gasteiger partial charge in [0.2, 0.25) is 0 Å². The van der Waals surface area contributed by atoms with Crippen molar-refractivity contribution in [3.63, 3.8) is 0 Å². The molecule has 0 aliphatic heterocycles. The second kappa shape index (κ2) is 5.12. The summed E-state index contributed by atoms with van der Waals surface area (Å²) in [4.78, 5) is 25.6. The van der Waals surface area contributed by atoms with Crippen LogP contribution >= 0.6 is 0 Å². The minimum absolute atomic E-state index is 0.0989. The number of carbonyl (C=O) groups is 1. The van der Waals surface area contributed by atoms with Gasteiger partial charge >= 0.3 is 5.97 Å². The van der Waals surface area contributed by atoms with Crippen LogP contribution in [0.25, 0.3) is 5.69 Å². The van der Waals surface area contributed by atoms with Gasteiger partial charge in [0, 0.05) is 30.4 Å². The second-order valence-corrected chi connectivity index (χ2v) is 4.57. The van der Waals surface area contributed by atoms with Gasteiger partial charge in [-0.25, -0.2) is 9.78 Å². The van der Waals surface area contributed by atoms with Crippen molar-refractivity contribution >= 4 is 11.7 Å². The Kier molecular flexibility index (Phi) is 3.51. The van der Waals surface area contributed by atoms with Gasteiger partial charge in [0.25, 0.3) is 5.69 Å². The lowest BCUT2D eigenvalue weighted by molar-refractivity contribution is -0.384. The van der Waals surface area contributed by atoms with Crippen LogP contribution in [0.3, 0.4) is 0 Å². The van der Waals surface area contributed by atoms with E-state index in [1.54, 1.807) is 17.0 Å². The first-order chi connectivity index (χ1) is 9.41. The Hall–Kier alpha value is -2.70. The maximum Gasteiger partial charge on any atom is 0.338 e. The predicted molar refractivity (Wildman–Crippen MR) is 71.3 cm³/mol. The molecular formula is C13H13N3O4. The van der Waals surface area contributed by atoms with Crippen molar-refractivity contribution in [1.82, 2.24) is 9.55 Å². The molecule has 20 heavy (non-hydrogen) atoms. The number of carboxylic acids is 1. The van der Waals surface area contributed by atoms with Gasteiger partial charge in [0.15, 0.2) is 0 Å². The molecule has 2 aromatic rings. The standard InChI is InChI=1S/C13H13N3O4/c1-8(2)12-14-5-6-15(12)11-4-3-9(16(19)20)7-10(11)13(17)18/h3-8H,1-2H3,(H,17,18). The van der Waals surface area contributed by atoms with Crippen molar-refractivity contribution in [1.29, 1.82) is 0 Å². The molecule has 1 aromatic heterocycles. The van der Waals surface area contributed by atoms with Gasteiger partial charge in [-0.15, -0.1) is 0 Å². The first-order valence-corrected chi connectivity index (χ1v) is 5.97. The van der Waals surface area contributed by atoms with Gasteiger partial charge in [-0.3, -0.25) is 10.1 Å². The molecule has 0 saturated carbocycles. The molecule has 0 amide bonds. The van der Waals surface area contributed by atoms with E-state index in [0.717, 1.165) is 6.07 Å². The molecule has 0 fully saturated rings. The summed E-state index contributed by atoms with van der Waals surface area (Å²) in [6.07, 6.45) is 3.21. The molecule has 0 aliphatic rings. The molecule has 0 saturated heterocycles. The molecule has 7 nitrogen and oxygen atoms in total. The molecular weight excluding hydrogens is 262 g/mol. The molecule has 1 N–H and O–H groups in total. The molecule has 0 spiro atoms. The van der Waals surface area contributed by atoms with Gasteiger partial charge in [-0.05, 0) is 6.07 Å². The Balaban J connectivity index is 2.64. The molecule has 1 aromatic carbocycles. The van der Waals surface area contributed by atoms with E-state index in [1.807, 2.05) is 13.8 Å². The highest BCUT2D eigenvalue weighted by molar-refractivity contribution is 5.92. The molecule has 0 atom stereocenters. The van der Waals surface area contributed by atoms with Crippen molar-refractivity contribution < 1.29 is 14.8 Å². The van der Waals surface area contributed by atoms with E-state index in [4.69, 9.17) is 0 Å². The van der Waals surface area contributed by atoms with Crippen molar-refractivity contribution in [2.75, 3.05) is 0 Å². The molecule has 0 aliphatic carbocycles. The van der Waals surface area contributed by atoms with Crippen LogP contribution in [-0.2, 0) is 0 Å². The van der Waals surface area contributed by atoms with Crippen LogP contribution in [0.4, 0.5) is 5.69 Å². The zero-order valence-electron chi connectivity index (χ0n) is 11.0. The zero-order valence-corrected chi connectivity index (χ0v) is 11.0. The molecule has 0 radical (unpaired) electrons. The molecule has 0 bridgehead atoms. The lowest BCUT2D eigenvalue weighted by Gasteiger charge is -2.12. The largest absolute Gasteiger partial charge is 0.478 e. The number of nitrogens with zero attached hydrogens (tertiary/aromatic N) is 3. The van der Waals surface area contributed by atoms with Crippen LogP contribution < -0.4 is 0 Å². The first-order valence-electron chi connectivity index (χ1n) is 5.97. The summed E-state index contributed by atoms with van der Waals surface area (Å²) in [5.41, 5.74) is -0.0132. The Morgan fingerprint density at radius 2 is 2.15 bits per heavy atom. The van der Waals surface area contributed by atoms with E-state index in [2.05, 4.69) is 4.98 Å². The number of aromatic carboxylic acids is 1.